The molecule has 0 aliphatic heterocycles. The Morgan fingerprint density at radius 1 is 1.33 bits per heavy atom. The summed E-state index contributed by atoms with van der Waals surface area (Å²) in [6.07, 6.45) is 2.76. The van der Waals surface area contributed by atoms with Crippen molar-refractivity contribution >= 4 is 0 Å². The van der Waals surface area contributed by atoms with Crippen LogP contribution >= 0.6 is 0 Å². The van der Waals surface area contributed by atoms with Crippen molar-refractivity contribution in [3.8, 4) is 12.1 Å². The van der Waals surface area contributed by atoms with E-state index in [1.165, 1.54) is 0 Å². The molecule has 66 valence electrons. The monoisotopic (exact) mass is 164 g/mol. The molecule has 0 aliphatic carbocycles. The van der Waals surface area contributed by atoms with E-state index in [-0.39, 0.29) is 11.3 Å². The van der Waals surface area contributed by atoms with Crippen LogP contribution in [0.15, 0.2) is 0 Å². The normalized spacial score (nSPS) is 13.1. The number of nitrogens with zero attached hydrogens (tertiary/aromatic N) is 2. The SMILES string of the molecule is CC(C#N)CCCC(C)(C)C#N. The summed E-state index contributed by atoms with van der Waals surface area (Å²) in [5.74, 6) is 0.125. The Kier molecular flexibility index (Phi) is 4.37. The first-order chi connectivity index (χ1) is 5.52. The molecule has 2 heteroatoms. The lowest BCUT2D eigenvalue weighted by Gasteiger charge is -2.14. The summed E-state index contributed by atoms with van der Waals surface area (Å²) in [7, 11) is 0. The van der Waals surface area contributed by atoms with Gasteiger partial charge in [0.05, 0.1) is 17.6 Å². The maximum atomic E-state index is 8.70. The average molecular weight is 164 g/mol. The topological polar surface area (TPSA) is 47.6 Å². The molecule has 2 nitrogen and oxygen atoms in total. The van der Waals surface area contributed by atoms with Gasteiger partial charge in [-0.25, -0.2) is 0 Å². The van der Waals surface area contributed by atoms with Gasteiger partial charge in [0.15, 0.2) is 0 Å². The molecule has 0 rings (SSSR count). The third-order valence-electron chi connectivity index (χ3n) is 1.96. The minimum Gasteiger partial charge on any atom is -0.198 e. The van der Waals surface area contributed by atoms with E-state index >= 15 is 0 Å². The number of hydrogen-bond donors (Lipinski definition) is 0. The van der Waals surface area contributed by atoms with Crippen molar-refractivity contribution in [2.45, 2.75) is 40.0 Å². The summed E-state index contributed by atoms with van der Waals surface area (Å²) >= 11 is 0. The molecule has 0 N–H and O–H groups in total. The predicted octanol–water partition coefficient (Wildman–Crippen LogP) is 2.87. The smallest absolute Gasteiger partial charge is 0.0683 e. The molecule has 0 spiro atoms. The van der Waals surface area contributed by atoms with Crippen LogP contribution in [0.2, 0.25) is 0 Å². The zero-order valence-corrected chi connectivity index (χ0v) is 8.09. The van der Waals surface area contributed by atoms with Crippen LogP contribution in [-0.2, 0) is 0 Å². The van der Waals surface area contributed by atoms with E-state index in [2.05, 4.69) is 12.1 Å². The third kappa shape index (κ3) is 4.74. The van der Waals surface area contributed by atoms with Crippen LogP contribution in [0.3, 0.4) is 0 Å². The van der Waals surface area contributed by atoms with E-state index in [0.717, 1.165) is 19.3 Å². The summed E-state index contributed by atoms with van der Waals surface area (Å²) in [6.45, 7) is 5.79. The number of nitriles is 2. The highest BCUT2D eigenvalue weighted by Crippen LogP contribution is 2.22. The fourth-order valence-corrected chi connectivity index (χ4v) is 0.971. The van der Waals surface area contributed by atoms with Gasteiger partial charge in [0.2, 0.25) is 0 Å². The van der Waals surface area contributed by atoms with Gasteiger partial charge in [-0.15, -0.1) is 0 Å². The summed E-state index contributed by atoms with van der Waals surface area (Å²) in [5, 5.41) is 17.2. The maximum Gasteiger partial charge on any atom is 0.0683 e. The quantitative estimate of drug-likeness (QED) is 0.641. The van der Waals surface area contributed by atoms with Gasteiger partial charge in [-0.05, 0) is 33.6 Å². The summed E-state index contributed by atoms with van der Waals surface area (Å²) in [5.41, 5.74) is -0.227. The standard InChI is InChI=1S/C10H16N2/c1-9(7-11)5-4-6-10(2,3)8-12/h9H,4-6H2,1-3H3. The van der Waals surface area contributed by atoms with Gasteiger partial charge < -0.3 is 0 Å². The van der Waals surface area contributed by atoms with Crippen molar-refractivity contribution in [2.24, 2.45) is 11.3 Å². The van der Waals surface area contributed by atoms with Crippen LogP contribution in [0.1, 0.15) is 40.0 Å². The first-order valence-corrected chi connectivity index (χ1v) is 4.33. The number of hydrogen-bond acceptors (Lipinski definition) is 2. The van der Waals surface area contributed by atoms with Crippen molar-refractivity contribution in [1.29, 1.82) is 10.5 Å². The van der Waals surface area contributed by atoms with Gasteiger partial charge in [0, 0.05) is 5.92 Å². The molecule has 0 aromatic carbocycles. The summed E-state index contributed by atoms with van der Waals surface area (Å²) in [6, 6.07) is 4.44. The lowest BCUT2D eigenvalue weighted by Crippen LogP contribution is -2.07. The molecule has 0 aromatic rings. The summed E-state index contributed by atoms with van der Waals surface area (Å²) in [4.78, 5) is 0. The molecule has 0 aromatic heterocycles. The molecular weight excluding hydrogens is 148 g/mol. The van der Waals surface area contributed by atoms with E-state index in [4.69, 9.17) is 10.5 Å². The Balaban J connectivity index is 3.60. The Morgan fingerprint density at radius 2 is 1.92 bits per heavy atom. The lowest BCUT2D eigenvalue weighted by molar-refractivity contribution is 0.414. The highest BCUT2D eigenvalue weighted by molar-refractivity contribution is 4.91. The molecule has 1 unspecified atom stereocenters. The zero-order chi connectivity index (χ0) is 9.61. The second-order valence-electron chi connectivity index (χ2n) is 3.92. The van der Waals surface area contributed by atoms with Crippen LogP contribution in [0.4, 0.5) is 0 Å². The van der Waals surface area contributed by atoms with E-state index in [1.807, 2.05) is 20.8 Å². The molecule has 0 bridgehead atoms. The predicted molar refractivity (Wildman–Crippen MR) is 48.0 cm³/mol. The molecule has 0 aliphatic rings. The Morgan fingerprint density at radius 3 is 2.33 bits per heavy atom. The van der Waals surface area contributed by atoms with E-state index in [1.54, 1.807) is 0 Å². The van der Waals surface area contributed by atoms with Crippen LogP contribution in [-0.4, -0.2) is 0 Å². The van der Waals surface area contributed by atoms with Crippen LogP contribution in [0.5, 0.6) is 0 Å². The average Bonchev–Trinajstić information content (AvgIpc) is 2.04. The Bertz CT molecular complexity index is 205. The van der Waals surface area contributed by atoms with Crippen molar-refractivity contribution in [2.75, 3.05) is 0 Å². The Labute approximate surface area is 74.8 Å². The first kappa shape index (κ1) is 11.0. The molecule has 1 atom stereocenters. The minimum absolute atomic E-state index is 0.125. The van der Waals surface area contributed by atoms with E-state index in [9.17, 15) is 0 Å². The largest absolute Gasteiger partial charge is 0.198 e. The van der Waals surface area contributed by atoms with Crippen molar-refractivity contribution in [3.63, 3.8) is 0 Å². The molecule has 0 amide bonds. The van der Waals surface area contributed by atoms with Crippen molar-refractivity contribution < 1.29 is 0 Å². The second kappa shape index (κ2) is 4.78. The maximum absolute atomic E-state index is 8.70. The van der Waals surface area contributed by atoms with Crippen molar-refractivity contribution in [3.05, 3.63) is 0 Å². The minimum atomic E-state index is -0.227. The third-order valence-corrected chi connectivity index (χ3v) is 1.96. The fourth-order valence-electron chi connectivity index (χ4n) is 0.971. The molecule has 12 heavy (non-hydrogen) atoms. The summed E-state index contributed by atoms with van der Waals surface area (Å²) < 4.78 is 0. The van der Waals surface area contributed by atoms with Gasteiger partial charge in [-0.2, -0.15) is 10.5 Å². The van der Waals surface area contributed by atoms with Crippen LogP contribution in [0, 0.1) is 34.0 Å². The highest BCUT2D eigenvalue weighted by atomic mass is 14.3. The van der Waals surface area contributed by atoms with Gasteiger partial charge in [0.1, 0.15) is 0 Å². The molecule has 0 radical (unpaired) electrons. The van der Waals surface area contributed by atoms with E-state index in [0.29, 0.717) is 0 Å². The number of rotatable bonds is 4. The molecule has 0 saturated carbocycles. The molecule has 0 fully saturated rings. The van der Waals surface area contributed by atoms with Gasteiger partial charge >= 0.3 is 0 Å². The van der Waals surface area contributed by atoms with Gasteiger partial charge in [-0.1, -0.05) is 6.42 Å². The Hall–Kier alpha value is -1.02. The van der Waals surface area contributed by atoms with Crippen molar-refractivity contribution in [1.82, 2.24) is 0 Å². The molecule has 0 saturated heterocycles. The highest BCUT2D eigenvalue weighted by Gasteiger charge is 2.16. The van der Waals surface area contributed by atoms with Gasteiger partial charge in [-0.3, -0.25) is 0 Å². The van der Waals surface area contributed by atoms with Crippen LogP contribution < -0.4 is 0 Å². The molecular formula is C10H16N2. The fraction of sp³-hybridized carbons (Fsp3) is 0.800. The van der Waals surface area contributed by atoms with Crippen LogP contribution in [0.25, 0.3) is 0 Å². The first-order valence-electron chi connectivity index (χ1n) is 4.33. The van der Waals surface area contributed by atoms with E-state index < -0.39 is 0 Å². The lowest BCUT2D eigenvalue weighted by atomic mass is 9.88. The zero-order valence-electron chi connectivity index (χ0n) is 8.09. The van der Waals surface area contributed by atoms with Gasteiger partial charge in [0.25, 0.3) is 0 Å². The second-order valence-corrected chi connectivity index (χ2v) is 3.92. The molecule has 0 heterocycles.